The number of aliphatic hydroxyl groups excluding tert-OH is 1. The van der Waals surface area contributed by atoms with Gasteiger partial charge in [-0.05, 0) is 42.8 Å². The molecule has 0 radical (unpaired) electrons. The van der Waals surface area contributed by atoms with Crippen LogP contribution in [0.5, 0.6) is 0 Å². The number of amides is 1. The number of carbonyl (C=O) groups is 1. The first-order valence-corrected chi connectivity index (χ1v) is 7.18. The number of hydrogen-bond donors (Lipinski definition) is 1. The molecular formula is C17H13F4NO2. The van der Waals surface area contributed by atoms with E-state index in [-0.39, 0.29) is 28.9 Å². The number of carbonyl (C=O) groups excluding carboxylic acids is 1. The monoisotopic (exact) mass is 339 g/mol. The van der Waals surface area contributed by atoms with Gasteiger partial charge in [-0.2, -0.15) is 13.2 Å². The Morgan fingerprint density at radius 1 is 1.21 bits per heavy atom. The number of rotatable bonds is 2. The standard InChI is InChI=1S/C17H13F4NO2/c1-9(23)12-7-10(5-6-15(12)18)22-8-13-11(16(22)24)3-2-4-14(13)17(19,20)21/h2-7,9,23H,8H2,1H3. The SMILES string of the molecule is CC(O)c1cc(N2Cc3c(cccc3C(F)(F)F)C2=O)ccc1F. The van der Waals surface area contributed by atoms with Gasteiger partial charge in [-0.15, -0.1) is 0 Å². The number of benzene rings is 2. The van der Waals surface area contributed by atoms with Gasteiger partial charge in [0.05, 0.1) is 18.2 Å². The van der Waals surface area contributed by atoms with Crippen molar-refractivity contribution in [3.8, 4) is 0 Å². The van der Waals surface area contributed by atoms with Crippen molar-refractivity contribution in [2.75, 3.05) is 4.90 Å². The molecule has 3 nitrogen and oxygen atoms in total. The predicted octanol–water partition coefficient (Wildman–Crippen LogP) is 4.06. The Morgan fingerprint density at radius 2 is 1.92 bits per heavy atom. The second kappa shape index (κ2) is 5.59. The molecule has 1 aliphatic heterocycles. The van der Waals surface area contributed by atoms with Gasteiger partial charge >= 0.3 is 6.18 Å². The topological polar surface area (TPSA) is 40.5 Å². The fraction of sp³-hybridized carbons (Fsp3) is 0.235. The van der Waals surface area contributed by atoms with Crippen LogP contribution in [0.2, 0.25) is 0 Å². The number of anilines is 1. The number of fused-ring (bicyclic) bond motifs is 1. The third-order valence-corrected chi connectivity index (χ3v) is 4.01. The normalized spacial score (nSPS) is 15.6. The molecule has 24 heavy (non-hydrogen) atoms. The van der Waals surface area contributed by atoms with Crippen molar-refractivity contribution >= 4 is 11.6 Å². The van der Waals surface area contributed by atoms with Crippen molar-refractivity contribution < 1.29 is 27.5 Å². The Bertz CT molecular complexity index is 815. The van der Waals surface area contributed by atoms with Crippen molar-refractivity contribution in [1.82, 2.24) is 0 Å². The second-order valence-electron chi connectivity index (χ2n) is 5.60. The smallest absolute Gasteiger partial charge is 0.389 e. The van der Waals surface area contributed by atoms with Crippen molar-refractivity contribution in [3.63, 3.8) is 0 Å². The predicted molar refractivity (Wildman–Crippen MR) is 79.0 cm³/mol. The zero-order valence-electron chi connectivity index (χ0n) is 12.6. The molecule has 0 spiro atoms. The Labute approximate surface area is 135 Å². The van der Waals surface area contributed by atoms with E-state index in [1.54, 1.807) is 0 Å². The Balaban J connectivity index is 2.05. The molecule has 1 N–H and O–H groups in total. The molecule has 2 aromatic rings. The van der Waals surface area contributed by atoms with Crippen LogP contribution in [0.3, 0.4) is 0 Å². The van der Waals surface area contributed by atoms with E-state index in [1.165, 1.54) is 31.2 Å². The average Bonchev–Trinajstić information content (AvgIpc) is 2.84. The van der Waals surface area contributed by atoms with E-state index >= 15 is 0 Å². The molecule has 1 amide bonds. The number of nitrogens with zero attached hydrogens (tertiary/aromatic N) is 1. The minimum atomic E-state index is -4.56. The highest BCUT2D eigenvalue weighted by atomic mass is 19.4. The summed E-state index contributed by atoms with van der Waals surface area (Å²) in [6, 6.07) is 7.12. The van der Waals surface area contributed by atoms with Crippen LogP contribution in [0.1, 0.15) is 40.1 Å². The summed E-state index contributed by atoms with van der Waals surface area (Å²) in [5.74, 6) is -1.23. The number of hydrogen-bond acceptors (Lipinski definition) is 2. The lowest BCUT2D eigenvalue weighted by Crippen LogP contribution is -2.23. The molecule has 0 saturated carbocycles. The lowest BCUT2D eigenvalue weighted by atomic mass is 10.0. The summed E-state index contributed by atoms with van der Waals surface area (Å²) in [7, 11) is 0. The molecule has 7 heteroatoms. The molecule has 0 saturated heterocycles. The van der Waals surface area contributed by atoms with E-state index in [9.17, 15) is 27.5 Å². The van der Waals surface area contributed by atoms with E-state index in [0.29, 0.717) is 0 Å². The van der Waals surface area contributed by atoms with Crippen molar-refractivity contribution in [2.45, 2.75) is 25.7 Å². The molecule has 1 aliphatic rings. The molecule has 1 atom stereocenters. The highest BCUT2D eigenvalue weighted by Gasteiger charge is 2.39. The van der Waals surface area contributed by atoms with E-state index in [4.69, 9.17) is 0 Å². The molecule has 0 bridgehead atoms. The third-order valence-electron chi connectivity index (χ3n) is 4.01. The van der Waals surface area contributed by atoms with Crippen molar-refractivity contribution in [1.29, 1.82) is 0 Å². The summed E-state index contributed by atoms with van der Waals surface area (Å²) < 4.78 is 53.0. The van der Waals surface area contributed by atoms with Gasteiger partial charge in [0.25, 0.3) is 5.91 Å². The summed E-state index contributed by atoms with van der Waals surface area (Å²) in [5, 5.41) is 9.57. The minimum absolute atomic E-state index is 0.0206. The van der Waals surface area contributed by atoms with Crippen LogP contribution in [0.4, 0.5) is 23.2 Å². The molecule has 0 aromatic heterocycles. The van der Waals surface area contributed by atoms with Gasteiger partial charge in [-0.25, -0.2) is 4.39 Å². The molecule has 126 valence electrons. The fourth-order valence-electron chi connectivity index (χ4n) is 2.83. The highest BCUT2D eigenvalue weighted by molar-refractivity contribution is 6.10. The van der Waals surface area contributed by atoms with E-state index in [2.05, 4.69) is 0 Å². The zero-order valence-corrected chi connectivity index (χ0v) is 12.6. The number of alkyl halides is 3. The number of halogens is 4. The molecule has 2 aromatic carbocycles. The highest BCUT2D eigenvalue weighted by Crippen LogP contribution is 2.38. The van der Waals surface area contributed by atoms with E-state index in [1.807, 2.05) is 0 Å². The first kappa shape index (κ1) is 16.4. The van der Waals surface area contributed by atoms with Crippen molar-refractivity contribution in [2.24, 2.45) is 0 Å². The van der Waals surface area contributed by atoms with Gasteiger partial charge in [0.2, 0.25) is 0 Å². The second-order valence-corrected chi connectivity index (χ2v) is 5.60. The summed E-state index contributed by atoms with van der Waals surface area (Å²) in [6.07, 6.45) is -5.66. The molecule has 3 rings (SSSR count). The molecule has 0 aliphatic carbocycles. The number of aliphatic hydroxyl groups is 1. The van der Waals surface area contributed by atoms with Crippen LogP contribution in [0, 0.1) is 5.82 Å². The van der Waals surface area contributed by atoms with Gasteiger partial charge in [0.1, 0.15) is 5.82 Å². The lowest BCUT2D eigenvalue weighted by Gasteiger charge is -2.18. The van der Waals surface area contributed by atoms with Crippen LogP contribution in [0.25, 0.3) is 0 Å². The maximum atomic E-state index is 13.7. The van der Waals surface area contributed by atoms with E-state index in [0.717, 1.165) is 17.0 Å². The Morgan fingerprint density at radius 3 is 2.54 bits per heavy atom. The van der Waals surface area contributed by atoms with Crippen LogP contribution in [-0.4, -0.2) is 11.0 Å². The fourth-order valence-corrected chi connectivity index (χ4v) is 2.83. The molecular weight excluding hydrogens is 326 g/mol. The summed E-state index contributed by atoms with van der Waals surface area (Å²) in [6.45, 7) is 1.11. The van der Waals surface area contributed by atoms with Gasteiger partial charge < -0.3 is 10.0 Å². The summed E-state index contributed by atoms with van der Waals surface area (Å²) in [5.41, 5.74) is -0.756. The third kappa shape index (κ3) is 2.65. The van der Waals surface area contributed by atoms with Gasteiger partial charge in [-0.3, -0.25) is 4.79 Å². The van der Waals surface area contributed by atoms with E-state index < -0.39 is 29.6 Å². The molecule has 1 heterocycles. The summed E-state index contributed by atoms with van der Waals surface area (Å²) in [4.78, 5) is 13.6. The van der Waals surface area contributed by atoms with Gasteiger partial charge in [0.15, 0.2) is 0 Å². The van der Waals surface area contributed by atoms with Crippen LogP contribution in [-0.2, 0) is 12.7 Å². The minimum Gasteiger partial charge on any atom is -0.389 e. The largest absolute Gasteiger partial charge is 0.416 e. The van der Waals surface area contributed by atoms with Gasteiger partial charge in [0, 0.05) is 16.8 Å². The van der Waals surface area contributed by atoms with Crippen LogP contribution < -0.4 is 4.90 Å². The maximum Gasteiger partial charge on any atom is 0.416 e. The quantitative estimate of drug-likeness (QED) is 0.839. The van der Waals surface area contributed by atoms with Gasteiger partial charge in [-0.1, -0.05) is 6.07 Å². The maximum absolute atomic E-state index is 13.7. The Hall–Kier alpha value is -2.41. The average molecular weight is 339 g/mol. The Kier molecular flexibility index (Phi) is 3.83. The summed E-state index contributed by atoms with van der Waals surface area (Å²) >= 11 is 0. The lowest BCUT2D eigenvalue weighted by molar-refractivity contribution is -0.138. The first-order chi connectivity index (χ1) is 11.2. The van der Waals surface area contributed by atoms with Crippen LogP contribution in [0.15, 0.2) is 36.4 Å². The van der Waals surface area contributed by atoms with Crippen LogP contribution >= 0.6 is 0 Å². The first-order valence-electron chi connectivity index (χ1n) is 7.18. The molecule has 0 fully saturated rings. The zero-order chi connectivity index (χ0) is 17.6. The molecule has 1 unspecified atom stereocenters. The van der Waals surface area contributed by atoms with Crippen molar-refractivity contribution in [3.05, 3.63) is 64.5 Å².